The second-order valence-electron chi connectivity index (χ2n) is 6.00. The molecule has 1 aliphatic rings. The van der Waals surface area contributed by atoms with Crippen molar-refractivity contribution >= 4 is 11.6 Å². The van der Waals surface area contributed by atoms with Crippen LogP contribution in [0.2, 0.25) is 0 Å². The summed E-state index contributed by atoms with van der Waals surface area (Å²) in [5, 5.41) is 10.7. The van der Waals surface area contributed by atoms with E-state index in [1.165, 1.54) is 10.9 Å². The zero-order valence-corrected chi connectivity index (χ0v) is 13.9. The molecule has 0 unspecified atom stereocenters. The molecule has 0 spiro atoms. The van der Waals surface area contributed by atoms with E-state index in [4.69, 9.17) is 4.52 Å². The Kier molecular flexibility index (Phi) is 4.64. The number of amides is 1. The summed E-state index contributed by atoms with van der Waals surface area (Å²) >= 11 is 0. The van der Waals surface area contributed by atoms with E-state index in [-0.39, 0.29) is 11.5 Å². The summed E-state index contributed by atoms with van der Waals surface area (Å²) in [7, 11) is 1.63. The number of hydrogen-bond donors (Lipinski definition) is 1. The van der Waals surface area contributed by atoms with Crippen LogP contribution in [-0.4, -0.2) is 40.5 Å². The van der Waals surface area contributed by atoms with E-state index in [9.17, 15) is 9.59 Å². The summed E-state index contributed by atoms with van der Waals surface area (Å²) in [4.78, 5) is 26.0. The molecule has 3 rings (SSSR count). The van der Waals surface area contributed by atoms with Crippen LogP contribution in [0.3, 0.4) is 0 Å². The largest absolute Gasteiger partial charge is 0.370 e. The molecule has 8 heteroatoms. The number of rotatable bonds is 5. The van der Waals surface area contributed by atoms with Gasteiger partial charge in [-0.15, -0.1) is 0 Å². The van der Waals surface area contributed by atoms with Gasteiger partial charge in [-0.2, -0.15) is 5.10 Å². The first-order valence-corrected chi connectivity index (χ1v) is 8.08. The average Bonchev–Trinajstić information content (AvgIpc) is 3.24. The smallest absolute Gasteiger partial charge is 0.268 e. The molecule has 0 radical (unpaired) electrons. The van der Waals surface area contributed by atoms with Gasteiger partial charge in [-0.3, -0.25) is 9.59 Å². The fraction of sp³-hybridized carbons (Fsp3) is 0.500. The Bertz CT molecular complexity index is 782. The lowest BCUT2D eigenvalue weighted by Gasteiger charge is -2.18. The summed E-state index contributed by atoms with van der Waals surface area (Å²) < 4.78 is 6.35. The minimum Gasteiger partial charge on any atom is -0.370 e. The van der Waals surface area contributed by atoms with Crippen LogP contribution in [0.25, 0.3) is 0 Å². The van der Waals surface area contributed by atoms with Crippen molar-refractivity contribution in [2.75, 3.05) is 24.5 Å². The van der Waals surface area contributed by atoms with Crippen molar-refractivity contribution in [1.82, 2.24) is 20.3 Å². The van der Waals surface area contributed by atoms with E-state index in [1.807, 2.05) is 6.92 Å². The van der Waals surface area contributed by atoms with Gasteiger partial charge in [0.25, 0.3) is 11.5 Å². The highest BCUT2D eigenvalue weighted by atomic mass is 16.5. The molecule has 0 aromatic carbocycles. The van der Waals surface area contributed by atoms with Gasteiger partial charge in [0.1, 0.15) is 11.3 Å². The van der Waals surface area contributed by atoms with Gasteiger partial charge in [0.05, 0.1) is 18.1 Å². The number of aryl methyl sites for hydroxylation is 2. The fourth-order valence-corrected chi connectivity index (χ4v) is 2.90. The predicted octanol–water partition coefficient (Wildman–Crippen LogP) is 0.587. The molecule has 128 valence electrons. The Morgan fingerprint density at radius 3 is 3.04 bits per heavy atom. The number of nitrogens with zero attached hydrogens (tertiary/aromatic N) is 4. The first kappa shape index (κ1) is 16.2. The highest BCUT2D eigenvalue weighted by molar-refractivity contribution is 5.94. The molecule has 1 aliphatic heterocycles. The molecule has 2 aromatic heterocycles. The molecule has 3 heterocycles. The van der Waals surface area contributed by atoms with Crippen LogP contribution in [0.1, 0.15) is 29.5 Å². The molecule has 0 bridgehead atoms. The molecule has 1 saturated heterocycles. The number of hydrogen-bond acceptors (Lipinski definition) is 6. The van der Waals surface area contributed by atoms with Crippen LogP contribution < -0.4 is 15.8 Å². The van der Waals surface area contributed by atoms with Crippen LogP contribution in [0.4, 0.5) is 5.69 Å². The first-order valence-electron chi connectivity index (χ1n) is 8.08. The molecule has 0 saturated carbocycles. The van der Waals surface area contributed by atoms with Crippen LogP contribution in [0.15, 0.2) is 27.8 Å². The van der Waals surface area contributed by atoms with E-state index in [2.05, 4.69) is 20.5 Å². The zero-order chi connectivity index (χ0) is 17.1. The number of carbonyl (C=O) groups excluding carboxylic acids is 1. The number of aromatic nitrogens is 3. The monoisotopic (exact) mass is 331 g/mol. The summed E-state index contributed by atoms with van der Waals surface area (Å²) in [6, 6.07) is 1.60. The normalized spacial score (nSPS) is 17.2. The quantitative estimate of drug-likeness (QED) is 0.862. The Balaban J connectivity index is 1.55. The van der Waals surface area contributed by atoms with E-state index < -0.39 is 0 Å². The topological polar surface area (TPSA) is 93.3 Å². The standard InChI is InChI=1S/C16H21N5O3/c1-3-14-13(9-19-24-14)16(23)17-7-11-4-5-21(10-11)12-6-15(22)20(2)18-8-12/h6,8-9,11H,3-5,7,10H2,1-2H3,(H,17,23)/t11-/m0/s1. The van der Waals surface area contributed by atoms with E-state index in [1.54, 1.807) is 19.3 Å². The maximum atomic E-state index is 12.2. The molecule has 8 nitrogen and oxygen atoms in total. The molecule has 1 atom stereocenters. The predicted molar refractivity (Wildman–Crippen MR) is 88.0 cm³/mol. The van der Waals surface area contributed by atoms with Crippen LogP contribution in [-0.2, 0) is 13.5 Å². The molecular formula is C16H21N5O3. The summed E-state index contributed by atoms with van der Waals surface area (Å²) in [5.74, 6) is 0.788. The Hall–Kier alpha value is -2.64. The van der Waals surface area contributed by atoms with Crippen molar-refractivity contribution in [3.63, 3.8) is 0 Å². The fourth-order valence-electron chi connectivity index (χ4n) is 2.90. The summed E-state index contributed by atoms with van der Waals surface area (Å²) in [6.45, 7) is 4.15. The minimum atomic E-state index is -0.151. The third-order valence-corrected chi connectivity index (χ3v) is 4.37. The SMILES string of the molecule is CCc1oncc1C(=O)NC[C@@H]1CCN(c2cnn(C)c(=O)c2)C1. The van der Waals surface area contributed by atoms with Gasteiger partial charge in [-0.05, 0) is 12.3 Å². The highest BCUT2D eigenvalue weighted by Gasteiger charge is 2.24. The van der Waals surface area contributed by atoms with Crippen LogP contribution in [0.5, 0.6) is 0 Å². The zero-order valence-electron chi connectivity index (χ0n) is 13.9. The first-order chi connectivity index (χ1) is 11.6. The number of nitrogens with one attached hydrogen (secondary N) is 1. The van der Waals surface area contributed by atoms with Crippen molar-refractivity contribution < 1.29 is 9.32 Å². The molecule has 1 N–H and O–H groups in total. The van der Waals surface area contributed by atoms with Crippen LogP contribution in [0, 0.1) is 5.92 Å². The van der Waals surface area contributed by atoms with Gasteiger partial charge < -0.3 is 14.7 Å². The van der Waals surface area contributed by atoms with Gasteiger partial charge in [0, 0.05) is 39.2 Å². The highest BCUT2D eigenvalue weighted by Crippen LogP contribution is 2.21. The third-order valence-electron chi connectivity index (χ3n) is 4.37. The van der Waals surface area contributed by atoms with Gasteiger partial charge in [-0.1, -0.05) is 12.1 Å². The van der Waals surface area contributed by atoms with Gasteiger partial charge in [-0.25, -0.2) is 4.68 Å². The average molecular weight is 331 g/mol. The molecular weight excluding hydrogens is 310 g/mol. The lowest BCUT2D eigenvalue weighted by molar-refractivity contribution is 0.0946. The number of carbonyl (C=O) groups is 1. The maximum absolute atomic E-state index is 12.2. The lowest BCUT2D eigenvalue weighted by atomic mass is 10.1. The van der Waals surface area contributed by atoms with Crippen LogP contribution >= 0.6 is 0 Å². The molecule has 1 fully saturated rings. The summed E-state index contributed by atoms with van der Waals surface area (Å²) in [6.07, 6.45) is 4.75. The molecule has 24 heavy (non-hydrogen) atoms. The Labute approximate surface area is 139 Å². The molecule has 1 amide bonds. The number of anilines is 1. The van der Waals surface area contributed by atoms with Crippen molar-refractivity contribution in [2.45, 2.75) is 19.8 Å². The molecule has 2 aromatic rings. The van der Waals surface area contributed by atoms with Crippen molar-refractivity contribution in [3.05, 3.63) is 40.1 Å². The van der Waals surface area contributed by atoms with Crippen molar-refractivity contribution in [1.29, 1.82) is 0 Å². The lowest BCUT2D eigenvalue weighted by Crippen LogP contribution is -2.31. The second-order valence-corrected chi connectivity index (χ2v) is 6.00. The van der Waals surface area contributed by atoms with E-state index in [0.717, 1.165) is 25.2 Å². The summed E-state index contributed by atoms with van der Waals surface area (Å²) in [5.41, 5.74) is 1.21. The van der Waals surface area contributed by atoms with Crippen molar-refractivity contribution in [2.24, 2.45) is 13.0 Å². The van der Waals surface area contributed by atoms with Gasteiger partial charge in [0.2, 0.25) is 0 Å². The second kappa shape index (κ2) is 6.86. The third kappa shape index (κ3) is 3.32. The Morgan fingerprint density at radius 1 is 1.46 bits per heavy atom. The molecule has 0 aliphatic carbocycles. The Morgan fingerprint density at radius 2 is 2.29 bits per heavy atom. The van der Waals surface area contributed by atoms with E-state index in [0.29, 0.717) is 30.2 Å². The minimum absolute atomic E-state index is 0.121. The van der Waals surface area contributed by atoms with Gasteiger partial charge in [0.15, 0.2) is 0 Å². The van der Waals surface area contributed by atoms with Crippen molar-refractivity contribution in [3.8, 4) is 0 Å². The maximum Gasteiger partial charge on any atom is 0.268 e. The van der Waals surface area contributed by atoms with Gasteiger partial charge >= 0.3 is 0 Å². The van der Waals surface area contributed by atoms with E-state index >= 15 is 0 Å².